The SMILES string of the molecule is COc1ccccc1NC(=O)C(=O)Nc1ccc2nc3n(c(=O)c2c1)CCCCC3. The molecular weight excluding hydrogens is 384 g/mol. The summed E-state index contributed by atoms with van der Waals surface area (Å²) in [6, 6.07) is 11.7. The number of aromatic nitrogens is 2. The second-order valence-corrected chi connectivity index (χ2v) is 7.14. The van der Waals surface area contributed by atoms with Crippen molar-refractivity contribution >= 4 is 34.1 Å². The van der Waals surface area contributed by atoms with Crippen molar-refractivity contribution in [3.8, 4) is 5.75 Å². The summed E-state index contributed by atoms with van der Waals surface area (Å²) in [5, 5.41) is 5.49. The zero-order chi connectivity index (χ0) is 21.1. The molecule has 0 saturated heterocycles. The Labute approximate surface area is 172 Å². The largest absolute Gasteiger partial charge is 0.495 e. The first-order valence-electron chi connectivity index (χ1n) is 9.85. The Bertz CT molecular complexity index is 1190. The minimum absolute atomic E-state index is 0.119. The smallest absolute Gasteiger partial charge is 0.314 e. The van der Waals surface area contributed by atoms with Gasteiger partial charge in [-0.15, -0.1) is 0 Å². The van der Waals surface area contributed by atoms with Gasteiger partial charge in [0, 0.05) is 18.7 Å². The molecule has 0 radical (unpaired) electrons. The lowest BCUT2D eigenvalue weighted by Crippen LogP contribution is -2.29. The van der Waals surface area contributed by atoms with Crippen LogP contribution in [0.25, 0.3) is 10.9 Å². The van der Waals surface area contributed by atoms with Gasteiger partial charge in [0.15, 0.2) is 0 Å². The third-order valence-corrected chi connectivity index (χ3v) is 5.13. The Balaban J connectivity index is 1.56. The fourth-order valence-electron chi connectivity index (χ4n) is 3.61. The normalized spacial score (nSPS) is 13.2. The average Bonchev–Trinajstić information content (AvgIpc) is 3.00. The fourth-order valence-corrected chi connectivity index (χ4v) is 3.61. The van der Waals surface area contributed by atoms with E-state index in [1.54, 1.807) is 47.0 Å². The van der Waals surface area contributed by atoms with Gasteiger partial charge in [0.2, 0.25) is 0 Å². The zero-order valence-electron chi connectivity index (χ0n) is 16.6. The van der Waals surface area contributed by atoms with Crippen molar-refractivity contribution in [1.29, 1.82) is 0 Å². The minimum Gasteiger partial charge on any atom is -0.495 e. The van der Waals surface area contributed by atoms with Gasteiger partial charge in [-0.3, -0.25) is 19.0 Å². The van der Waals surface area contributed by atoms with Crippen molar-refractivity contribution in [2.75, 3.05) is 17.7 Å². The highest BCUT2D eigenvalue weighted by Crippen LogP contribution is 2.23. The number of para-hydroxylation sites is 2. The van der Waals surface area contributed by atoms with Crippen LogP contribution in [0.1, 0.15) is 25.1 Å². The van der Waals surface area contributed by atoms with Crippen molar-refractivity contribution < 1.29 is 14.3 Å². The van der Waals surface area contributed by atoms with E-state index < -0.39 is 11.8 Å². The van der Waals surface area contributed by atoms with Crippen LogP contribution in [0.15, 0.2) is 47.3 Å². The molecular formula is C22H22N4O4. The van der Waals surface area contributed by atoms with Crippen LogP contribution in [0, 0.1) is 0 Å². The number of anilines is 2. The number of aryl methyl sites for hydroxylation is 1. The van der Waals surface area contributed by atoms with Gasteiger partial charge < -0.3 is 15.4 Å². The van der Waals surface area contributed by atoms with Crippen molar-refractivity contribution in [3.05, 3.63) is 58.6 Å². The molecule has 1 aliphatic heterocycles. The van der Waals surface area contributed by atoms with Gasteiger partial charge in [-0.05, 0) is 43.2 Å². The van der Waals surface area contributed by atoms with Crippen molar-refractivity contribution in [2.24, 2.45) is 0 Å². The first kappa shape index (κ1) is 19.6. The monoisotopic (exact) mass is 406 g/mol. The number of nitrogens with one attached hydrogen (secondary N) is 2. The molecule has 0 bridgehead atoms. The Morgan fingerprint density at radius 3 is 2.67 bits per heavy atom. The van der Waals surface area contributed by atoms with E-state index in [4.69, 9.17) is 4.74 Å². The molecule has 0 saturated carbocycles. The summed E-state index contributed by atoms with van der Waals surface area (Å²) in [4.78, 5) is 42.2. The van der Waals surface area contributed by atoms with Crippen LogP contribution >= 0.6 is 0 Å². The number of benzene rings is 2. The average molecular weight is 406 g/mol. The van der Waals surface area contributed by atoms with Gasteiger partial charge in [0.25, 0.3) is 5.56 Å². The molecule has 30 heavy (non-hydrogen) atoms. The quantitative estimate of drug-likeness (QED) is 0.651. The van der Waals surface area contributed by atoms with Crippen LogP contribution in [0.4, 0.5) is 11.4 Å². The maximum absolute atomic E-state index is 12.9. The van der Waals surface area contributed by atoms with Crippen molar-refractivity contribution in [2.45, 2.75) is 32.2 Å². The molecule has 0 unspecified atom stereocenters. The number of hydrogen-bond acceptors (Lipinski definition) is 5. The molecule has 0 aliphatic carbocycles. The van der Waals surface area contributed by atoms with E-state index in [1.807, 2.05) is 0 Å². The Hall–Kier alpha value is -3.68. The molecule has 2 aromatic carbocycles. The van der Waals surface area contributed by atoms with Crippen LogP contribution < -0.4 is 20.9 Å². The maximum Gasteiger partial charge on any atom is 0.314 e. The first-order chi connectivity index (χ1) is 14.6. The van der Waals surface area contributed by atoms with Crippen LogP contribution in [0.2, 0.25) is 0 Å². The van der Waals surface area contributed by atoms with Gasteiger partial charge in [0.1, 0.15) is 11.6 Å². The molecule has 0 fully saturated rings. The van der Waals surface area contributed by atoms with Gasteiger partial charge in [-0.25, -0.2) is 4.98 Å². The summed E-state index contributed by atoms with van der Waals surface area (Å²) in [5.41, 5.74) is 1.22. The topological polar surface area (TPSA) is 102 Å². The number of nitrogens with zero attached hydrogens (tertiary/aromatic N) is 2. The van der Waals surface area contributed by atoms with Crippen LogP contribution in [-0.4, -0.2) is 28.5 Å². The highest BCUT2D eigenvalue weighted by molar-refractivity contribution is 6.43. The van der Waals surface area contributed by atoms with Gasteiger partial charge in [0.05, 0.1) is 23.7 Å². The summed E-state index contributed by atoms with van der Waals surface area (Å²) < 4.78 is 6.89. The Kier molecular flexibility index (Phi) is 5.47. The highest BCUT2D eigenvalue weighted by atomic mass is 16.5. The minimum atomic E-state index is -0.844. The second-order valence-electron chi connectivity index (χ2n) is 7.14. The molecule has 0 atom stereocenters. The van der Waals surface area contributed by atoms with Crippen LogP contribution in [-0.2, 0) is 22.6 Å². The molecule has 2 N–H and O–H groups in total. The van der Waals surface area contributed by atoms with E-state index in [2.05, 4.69) is 15.6 Å². The Morgan fingerprint density at radius 1 is 1.03 bits per heavy atom. The predicted octanol–water partition coefficient (Wildman–Crippen LogP) is 2.71. The number of carbonyl (C=O) groups is 2. The van der Waals surface area contributed by atoms with Gasteiger partial charge in [-0.2, -0.15) is 0 Å². The molecule has 154 valence electrons. The summed E-state index contributed by atoms with van der Waals surface area (Å²) in [7, 11) is 1.48. The number of fused-ring (bicyclic) bond motifs is 2. The van der Waals surface area contributed by atoms with Gasteiger partial charge in [-0.1, -0.05) is 18.6 Å². The highest BCUT2D eigenvalue weighted by Gasteiger charge is 2.18. The third kappa shape index (κ3) is 3.89. The summed E-state index contributed by atoms with van der Waals surface area (Å²) in [5.74, 6) is -0.429. The maximum atomic E-state index is 12.9. The molecule has 8 heteroatoms. The lowest BCUT2D eigenvalue weighted by Gasteiger charge is -2.12. The number of ether oxygens (including phenoxy) is 1. The van der Waals surface area contributed by atoms with Crippen LogP contribution in [0.5, 0.6) is 5.75 Å². The number of carbonyl (C=O) groups excluding carboxylic acids is 2. The molecule has 1 aromatic heterocycles. The van der Waals surface area contributed by atoms with E-state index in [1.165, 1.54) is 7.11 Å². The first-order valence-corrected chi connectivity index (χ1v) is 9.85. The van der Waals surface area contributed by atoms with E-state index >= 15 is 0 Å². The van der Waals surface area contributed by atoms with E-state index in [9.17, 15) is 14.4 Å². The van der Waals surface area contributed by atoms with E-state index in [0.29, 0.717) is 34.6 Å². The molecule has 1 aliphatic rings. The van der Waals surface area contributed by atoms with E-state index in [0.717, 1.165) is 31.5 Å². The number of hydrogen-bond donors (Lipinski definition) is 2. The number of methoxy groups -OCH3 is 1. The fraction of sp³-hybridized carbons (Fsp3) is 0.273. The zero-order valence-corrected chi connectivity index (χ0v) is 16.6. The summed E-state index contributed by atoms with van der Waals surface area (Å²) in [6.07, 6.45) is 3.82. The van der Waals surface area contributed by atoms with Crippen molar-refractivity contribution in [1.82, 2.24) is 9.55 Å². The molecule has 4 rings (SSSR count). The standard InChI is InChI=1S/C22H22N4O4/c1-30-18-8-5-4-7-17(18)25-21(28)20(27)23-14-10-11-16-15(13-14)22(29)26-12-6-2-3-9-19(26)24-16/h4-5,7-8,10-11,13H,2-3,6,9,12H2,1H3,(H,23,27)(H,25,28). The summed E-state index contributed by atoms with van der Waals surface area (Å²) >= 11 is 0. The molecule has 2 heterocycles. The van der Waals surface area contributed by atoms with Gasteiger partial charge >= 0.3 is 11.8 Å². The molecule has 3 aromatic rings. The Morgan fingerprint density at radius 2 is 1.83 bits per heavy atom. The summed E-state index contributed by atoms with van der Waals surface area (Å²) in [6.45, 7) is 0.648. The third-order valence-electron chi connectivity index (χ3n) is 5.13. The molecule has 8 nitrogen and oxygen atoms in total. The van der Waals surface area contributed by atoms with E-state index in [-0.39, 0.29) is 5.56 Å². The second kappa shape index (κ2) is 8.36. The number of amides is 2. The number of rotatable bonds is 3. The predicted molar refractivity (Wildman–Crippen MR) is 114 cm³/mol. The lowest BCUT2D eigenvalue weighted by molar-refractivity contribution is -0.133. The van der Waals surface area contributed by atoms with Crippen LogP contribution in [0.3, 0.4) is 0 Å². The molecule has 0 spiro atoms. The lowest BCUT2D eigenvalue weighted by atomic mass is 10.2. The van der Waals surface area contributed by atoms with Crippen molar-refractivity contribution in [3.63, 3.8) is 0 Å². The molecule has 2 amide bonds.